The van der Waals surface area contributed by atoms with E-state index < -0.39 is 11.7 Å². The van der Waals surface area contributed by atoms with Crippen molar-refractivity contribution >= 4 is 21.8 Å². The van der Waals surface area contributed by atoms with E-state index in [1.54, 1.807) is 6.07 Å². The van der Waals surface area contributed by atoms with Crippen LogP contribution in [0.15, 0.2) is 41.1 Å². The highest BCUT2D eigenvalue weighted by molar-refractivity contribution is 9.10. The summed E-state index contributed by atoms with van der Waals surface area (Å²) in [5, 5.41) is 2.68. The summed E-state index contributed by atoms with van der Waals surface area (Å²) in [6.45, 7) is 0.381. The number of nitrogens with one attached hydrogen (secondary N) is 1. The molecule has 0 unspecified atom stereocenters. The minimum atomic E-state index is -0.524. The van der Waals surface area contributed by atoms with Crippen molar-refractivity contribution in [2.24, 2.45) is 7.05 Å². The van der Waals surface area contributed by atoms with Gasteiger partial charge in [-0.15, -0.1) is 0 Å². The second-order valence-corrected chi connectivity index (χ2v) is 4.91. The van der Waals surface area contributed by atoms with E-state index in [1.807, 2.05) is 30.1 Å². The van der Waals surface area contributed by atoms with Gasteiger partial charge in [0.1, 0.15) is 5.82 Å². The predicted octanol–water partition coefficient (Wildman–Crippen LogP) is 2.86. The third-order valence-corrected chi connectivity index (χ3v) is 3.01. The second-order valence-electron chi connectivity index (χ2n) is 3.99. The van der Waals surface area contributed by atoms with Crippen LogP contribution in [0.2, 0.25) is 0 Å². The van der Waals surface area contributed by atoms with E-state index in [2.05, 4.69) is 21.2 Å². The highest BCUT2D eigenvalue weighted by Gasteiger charge is 2.11. The van der Waals surface area contributed by atoms with E-state index in [0.717, 1.165) is 5.56 Å². The highest BCUT2D eigenvalue weighted by Crippen LogP contribution is 2.15. The number of rotatable bonds is 3. The predicted molar refractivity (Wildman–Crippen MR) is 70.7 cm³/mol. The van der Waals surface area contributed by atoms with Gasteiger partial charge in [0.25, 0.3) is 5.91 Å². The lowest BCUT2D eigenvalue weighted by Crippen LogP contribution is -2.23. The Bertz CT molecular complexity index is 580. The van der Waals surface area contributed by atoms with Crippen molar-refractivity contribution in [3.63, 3.8) is 0 Å². The number of benzene rings is 1. The first kappa shape index (κ1) is 12.8. The van der Waals surface area contributed by atoms with E-state index in [0.29, 0.717) is 11.0 Å². The molecular weight excluding hydrogens is 299 g/mol. The van der Waals surface area contributed by atoms with Gasteiger partial charge in [0, 0.05) is 30.5 Å². The molecule has 0 radical (unpaired) electrons. The molecule has 1 aromatic carbocycles. The molecule has 0 aliphatic rings. The normalized spacial score (nSPS) is 10.4. The van der Waals surface area contributed by atoms with Gasteiger partial charge in [-0.05, 0) is 29.8 Å². The summed E-state index contributed by atoms with van der Waals surface area (Å²) in [7, 11) is 1.90. The van der Waals surface area contributed by atoms with Crippen LogP contribution >= 0.6 is 15.9 Å². The van der Waals surface area contributed by atoms with E-state index in [9.17, 15) is 9.18 Å². The molecule has 0 fully saturated rings. The van der Waals surface area contributed by atoms with Crippen LogP contribution in [-0.4, -0.2) is 10.5 Å². The molecule has 2 rings (SSSR count). The van der Waals surface area contributed by atoms with Gasteiger partial charge >= 0.3 is 0 Å². The largest absolute Gasteiger partial charge is 0.357 e. The van der Waals surface area contributed by atoms with E-state index in [1.165, 1.54) is 12.1 Å². The van der Waals surface area contributed by atoms with Crippen LogP contribution in [0.1, 0.15) is 15.9 Å². The number of amides is 1. The Kier molecular flexibility index (Phi) is 3.81. The Balaban J connectivity index is 2.05. The van der Waals surface area contributed by atoms with Crippen LogP contribution in [0.3, 0.4) is 0 Å². The Labute approximate surface area is 113 Å². The molecule has 2 aromatic rings. The molecule has 0 saturated heterocycles. The molecule has 0 bridgehead atoms. The van der Waals surface area contributed by atoms with Crippen molar-refractivity contribution < 1.29 is 9.18 Å². The minimum Gasteiger partial charge on any atom is -0.357 e. The molecule has 1 amide bonds. The fourth-order valence-corrected chi connectivity index (χ4v) is 1.98. The number of carbonyl (C=O) groups excluding carboxylic acids is 1. The monoisotopic (exact) mass is 310 g/mol. The average Bonchev–Trinajstić information content (AvgIpc) is 2.75. The quantitative estimate of drug-likeness (QED) is 0.929. The maximum Gasteiger partial charge on any atom is 0.254 e. The van der Waals surface area contributed by atoms with Gasteiger partial charge in [-0.2, -0.15) is 0 Å². The molecule has 0 saturated carbocycles. The fourth-order valence-electron chi connectivity index (χ4n) is 1.61. The summed E-state index contributed by atoms with van der Waals surface area (Å²) in [6, 6.07) is 6.19. The highest BCUT2D eigenvalue weighted by atomic mass is 79.9. The van der Waals surface area contributed by atoms with E-state index in [4.69, 9.17) is 0 Å². The number of aryl methyl sites for hydroxylation is 1. The van der Waals surface area contributed by atoms with Crippen LogP contribution in [0.5, 0.6) is 0 Å². The molecular formula is C13H12BrFN2O. The summed E-state index contributed by atoms with van der Waals surface area (Å²) >= 11 is 3.21. The zero-order valence-electron chi connectivity index (χ0n) is 9.78. The van der Waals surface area contributed by atoms with Gasteiger partial charge in [-0.1, -0.05) is 15.9 Å². The maximum absolute atomic E-state index is 13.5. The Morgan fingerprint density at radius 2 is 2.22 bits per heavy atom. The van der Waals surface area contributed by atoms with Crippen LogP contribution in [0.4, 0.5) is 4.39 Å². The standard InChI is InChI=1S/C13H12BrFN2O/c1-17-5-4-9(8-17)7-16-13(18)11-6-10(14)2-3-12(11)15/h2-6,8H,7H2,1H3,(H,16,18). The smallest absolute Gasteiger partial charge is 0.254 e. The van der Waals surface area contributed by atoms with Crippen LogP contribution in [0, 0.1) is 5.82 Å². The molecule has 18 heavy (non-hydrogen) atoms. The lowest BCUT2D eigenvalue weighted by Gasteiger charge is -2.05. The number of hydrogen-bond acceptors (Lipinski definition) is 1. The average molecular weight is 311 g/mol. The molecule has 5 heteroatoms. The zero-order valence-corrected chi connectivity index (χ0v) is 11.4. The Morgan fingerprint density at radius 3 is 2.89 bits per heavy atom. The molecule has 0 aliphatic carbocycles. The molecule has 94 valence electrons. The zero-order chi connectivity index (χ0) is 13.1. The summed E-state index contributed by atoms with van der Waals surface area (Å²) in [6.07, 6.45) is 3.79. The van der Waals surface area contributed by atoms with Crippen molar-refractivity contribution in [1.82, 2.24) is 9.88 Å². The molecule has 1 aromatic heterocycles. The maximum atomic E-state index is 13.5. The molecule has 0 aliphatic heterocycles. The van der Waals surface area contributed by atoms with E-state index >= 15 is 0 Å². The van der Waals surface area contributed by atoms with Crippen LogP contribution in [-0.2, 0) is 13.6 Å². The van der Waals surface area contributed by atoms with Crippen molar-refractivity contribution in [3.05, 3.63) is 58.1 Å². The van der Waals surface area contributed by atoms with Gasteiger partial charge in [-0.25, -0.2) is 4.39 Å². The summed E-state index contributed by atoms with van der Waals surface area (Å²) in [5.41, 5.74) is 1.02. The first-order chi connectivity index (χ1) is 8.56. The van der Waals surface area contributed by atoms with E-state index in [-0.39, 0.29) is 5.56 Å². The lowest BCUT2D eigenvalue weighted by molar-refractivity contribution is 0.0947. The number of carbonyl (C=O) groups is 1. The number of nitrogens with zero attached hydrogens (tertiary/aromatic N) is 1. The fraction of sp³-hybridized carbons (Fsp3) is 0.154. The molecule has 3 nitrogen and oxygen atoms in total. The summed E-state index contributed by atoms with van der Waals surface area (Å²) in [4.78, 5) is 11.8. The Hall–Kier alpha value is -1.62. The number of aromatic nitrogens is 1. The lowest BCUT2D eigenvalue weighted by atomic mass is 10.2. The molecule has 1 N–H and O–H groups in total. The van der Waals surface area contributed by atoms with Crippen LogP contribution < -0.4 is 5.32 Å². The minimum absolute atomic E-state index is 0.0420. The van der Waals surface area contributed by atoms with Crippen molar-refractivity contribution in [2.45, 2.75) is 6.54 Å². The third-order valence-electron chi connectivity index (χ3n) is 2.52. The number of halogens is 2. The van der Waals surface area contributed by atoms with Crippen LogP contribution in [0.25, 0.3) is 0 Å². The first-order valence-electron chi connectivity index (χ1n) is 5.40. The molecule has 0 spiro atoms. The molecule has 1 heterocycles. The van der Waals surface area contributed by atoms with Gasteiger partial charge in [0.05, 0.1) is 5.56 Å². The third kappa shape index (κ3) is 2.98. The van der Waals surface area contributed by atoms with Gasteiger partial charge < -0.3 is 9.88 Å². The Morgan fingerprint density at radius 1 is 1.44 bits per heavy atom. The second kappa shape index (κ2) is 5.35. The molecule has 0 atom stereocenters. The van der Waals surface area contributed by atoms with Gasteiger partial charge in [-0.3, -0.25) is 4.79 Å². The van der Waals surface area contributed by atoms with Crippen molar-refractivity contribution in [3.8, 4) is 0 Å². The van der Waals surface area contributed by atoms with Crippen molar-refractivity contribution in [2.75, 3.05) is 0 Å². The van der Waals surface area contributed by atoms with Gasteiger partial charge in [0.2, 0.25) is 0 Å². The topological polar surface area (TPSA) is 34.0 Å². The first-order valence-corrected chi connectivity index (χ1v) is 6.19. The summed E-state index contributed by atoms with van der Waals surface area (Å²) < 4.78 is 16.0. The van der Waals surface area contributed by atoms with Gasteiger partial charge in [0.15, 0.2) is 0 Å². The SMILES string of the molecule is Cn1ccc(CNC(=O)c2cc(Br)ccc2F)c1. The summed E-state index contributed by atoms with van der Waals surface area (Å²) in [5.74, 6) is -0.943. The number of hydrogen-bond donors (Lipinski definition) is 1. The van der Waals surface area contributed by atoms with Crippen molar-refractivity contribution in [1.29, 1.82) is 0 Å².